The third-order valence-electron chi connectivity index (χ3n) is 10.3. The molecule has 0 radical (unpaired) electrons. The molecule has 6 aliphatic rings. The lowest BCUT2D eigenvalue weighted by molar-refractivity contribution is -0.160. The van der Waals surface area contributed by atoms with Gasteiger partial charge < -0.3 is 4.74 Å². The van der Waals surface area contributed by atoms with Gasteiger partial charge in [-0.3, -0.25) is 9.59 Å². The zero-order valence-electron chi connectivity index (χ0n) is 19.1. The van der Waals surface area contributed by atoms with Crippen LogP contribution in [0.25, 0.3) is 0 Å². The molecule has 1 heterocycles. The highest BCUT2D eigenvalue weighted by Gasteiger charge is 2.66. The Kier molecular flexibility index (Phi) is 4.63. The monoisotopic (exact) mass is 440 g/mol. The number of carbonyl (C=O) groups excluding carboxylic acids is 2. The number of hydrogen-bond donors (Lipinski definition) is 0. The molecule has 0 bridgehead atoms. The molecular formula is C27H36O3S. The molecule has 0 aromatic heterocycles. The van der Waals surface area contributed by atoms with Crippen molar-refractivity contribution < 1.29 is 14.3 Å². The van der Waals surface area contributed by atoms with Crippen molar-refractivity contribution in [2.45, 2.75) is 107 Å². The average molecular weight is 441 g/mol. The Balaban J connectivity index is 1.42. The van der Waals surface area contributed by atoms with E-state index in [1.54, 1.807) is 5.57 Å². The minimum atomic E-state index is -0.237. The second kappa shape index (κ2) is 6.98. The van der Waals surface area contributed by atoms with E-state index in [-0.39, 0.29) is 22.4 Å². The first-order valence-electron chi connectivity index (χ1n) is 12.7. The largest absolute Gasteiger partial charge is 0.458 e. The van der Waals surface area contributed by atoms with Crippen molar-refractivity contribution in [2.75, 3.05) is 0 Å². The molecule has 2 unspecified atom stereocenters. The van der Waals surface area contributed by atoms with E-state index in [9.17, 15) is 9.59 Å². The van der Waals surface area contributed by atoms with Crippen LogP contribution in [0, 0.1) is 22.7 Å². The summed E-state index contributed by atoms with van der Waals surface area (Å²) >= 11 is 2.25. The summed E-state index contributed by atoms with van der Waals surface area (Å²) in [4.78, 5) is 24.5. The maximum Gasteiger partial charge on any atom is 0.306 e. The van der Waals surface area contributed by atoms with Gasteiger partial charge in [-0.1, -0.05) is 43.9 Å². The van der Waals surface area contributed by atoms with E-state index in [1.807, 2.05) is 6.08 Å². The van der Waals surface area contributed by atoms with Crippen LogP contribution < -0.4 is 0 Å². The molecule has 6 rings (SSSR count). The number of allylic oxidation sites excluding steroid dienone is 4. The van der Waals surface area contributed by atoms with Crippen LogP contribution >= 0.6 is 11.8 Å². The van der Waals surface area contributed by atoms with Crippen molar-refractivity contribution in [2.24, 2.45) is 22.7 Å². The van der Waals surface area contributed by atoms with Gasteiger partial charge in [-0.2, -0.15) is 11.8 Å². The smallest absolute Gasteiger partial charge is 0.306 e. The van der Waals surface area contributed by atoms with Crippen LogP contribution in [0.1, 0.15) is 90.9 Å². The van der Waals surface area contributed by atoms with Crippen LogP contribution in [-0.4, -0.2) is 27.9 Å². The van der Waals surface area contributed by atoms with Crippen molar-refractivity contribution in [1.82, 2.24) is 0 Å². The molecule has 5 aliphatic carbocycles. The second-order valence-corrected chi connectivity index (χ2v) is 13.2. The summed E-state index contributed by atoms with van der Waals surface area (Å²) in [6.45, 7) is 4.86. The van der Waals surface area contributed by atoms with Gasteiger partial charge in [0.1, 0.15) is 5.60 Å². The Morgan fingerprint density at radius 1 is 1.03 bits per heavy atom. The molecule has 1 spiro atoms. The molecular weight excluding hydrogens is 404 g/mol. The number of hydrogen-bond acceptors (Lipinski definition) is 4. The maximum absolute atomic E-state index is 12.4. The fraction of sp³-hybridized carbons (Fsp3) is 0.778. The zero-order chi connectivity index (χ0) is 21.4. The van der Waals surface area contributed by atoms with Crippen molar-refractivity contribution in [3.63, 3.8) is 0 Å². The highest BCUT2D eigenvalue weighted by molar-refractivity contribution is 8.00. The Morgan fingerprint density at radius 2 is 1.84 bits per heavy atom. The molecule has 0 N–H and O–H groups in total. The predicted molar refractivity (Wildman–Crippen MR) is 124 cm³/mol. The molecule has 0 aromatic rings. The van der Waals surface area contributed by atoms with Crippen LogP contribution in [-0.2, 0) is 14.3 Å². The molecule has 1 aliphatic heterocycles. The van der Waals surface area contributed by atoms with Crippen LogP contribution in [0.2, 0.25) is 0 Å². The molecule has 0 amide bonds. The number of carbonyl (C=O) groups is 2. The van der Waals surface area contributed by atoms with E-state index in [4.69, 9.17) is 4.74 Å². The molecule has 4 heteroatoms. The summed E-state index contributed by atoms with van der Waals surface area (Å²) in [5.41, 5.74) is 2.93. The molecule has 168 valence electrons. The van der Waals surface area contributed by atoms with Crippen molar-refractivity contribution in [3.8, 4) is 0 Å². The van der Waals surface area contributed by atoms with Gasteiger partial charge in [-0.15, -0.1) is 0 Å². The molecule has 3 nitrogen and oxygen atoms in total. The van der Waals surface area contributed by atoms with E-state index < -0.39 is 0 Å². The quantitative estimate of drug-likeness (QED) is 0.380. The first-order chi connectivity index (χ1) is 14.8. The van der Waals surface area contributed by atoms with Gasteiger partial charge in [0.25, 0.3) is 0 Å². The number of thioether (sulfide) groups is 1. The van der Waals surface area contributed by atoms with Crippen LogP contribution in [0.3, 0.4) is 0 Å². The normalized spacial score (nSPS) is 47.0. The molecule has 0 aromatic carbocycles. The van der Waals surface area contributed by atoms with Gasteiger partial charge in [0.05, 0.1) is 0 Å². The first kappa shape index (κ1) is 20.6. The first-order valence-corrected chi connectivity index (χ1v) is 13.6. The Morgan fingerprint density at radius 3 is 2.58 bits per heavy atom. The van der Waals surface area contributed by atoms with Gasteiger partial charge in [0, 0.05) is 34.2 Å². The number of ether oxygens (including phenoxy) is 1. The molecule has 4 fully saturated rings. The average Bonchev–Trinajstić information content (AvgIpc) is 3.44. The molecule has 6 atom stereocenters. The van der Waals surface area contributed by atoms with Gasteiger partial charge in [0.15, 0.2) is 5.78 Å². The Hall–Kier alpha value is -1.03. The van der Waals surface area contributed by atoms with Crippen LogP contribution in [0.15, 0.2) is 23.3 Å². The van der Waals surface area contributed by atoms with Crippen molar-refractivity contribution in [3.05, 3.63) is 23.3 Å². The van der Waals surface area contributed by atoms with E-state index in [0.717, 1.165) is 37.4 Å². The third-order valence-corrected chi connectivity index (χ3v) is 12.0. The van der Waals surface area contributed by atoms with Gasteiger partial charge >= 0.3 is 5.97 Å². The van der Waals surface area contributed by atoms with E-state index in [2.05, 4.69) is 31.7 Å². The highest BCUT2D eigenvalue weighted by Crippen LogP contribution is 2.69. The van der Waals surface area contributed by atoms with Gasteiger partial charge in [0.2, 0.25) is 0 Å². The maximum atomic E-state index is 12.4. The zero-order valence-corrected chi connectivity index (χ0v) is 19.9. The summed E-state index contributed by atoms with van der Waals surface area (Å²) in [7, 11) is 0. The Bertz CT molecular complexity index is 883. The number of esters is 1. The van der Waals surface area contributed by atoms with E-state index >= 15 is 0 Å². The molecule has 1 saturated heterocycles. The van der Waals surface area contributed by atoms with Gasteiger partial charge in [-0.05, 0) is 69.3 Å². The van der Waals surface area contributed by atoms with Gasteiger partial charge in [-0.25, -0.2) is 0 Å². The second-order valence-electron chi connectivity index (χ2n) is 11.7. The molecule has 31 heavy (non-hydrogen) atoms. The standard InChI is InChI=1S/C27H36O3S/c1-25-11-7-18(28)15-17(25)16-22(31-19-5-3-4-6-19)24-20(25)8-12-26(2)21(24)9-13-27(26)14-10-23(29)30-27/h8,15,19,21-22,24H,3-7,9-14,16H2,1-2H3/t21?,22-,24?,25+,26+,27-/m1/s1. The van der Waals surface area contributed by atoms with Crippen LogP contribution in [0.5, 0.6) is 0 Å². The molecule has 3 saturated carbocycles. The fourth-order valence-electron chi connectivity index (χ4n) is 8.49. The number of ketones is 1. The van der Waals surface area contributed by atoms with E-state index in [1.165, 1.54) is 37.7 Å². The third kappa shape index (κ3) is 2.85. The summed E-state index contributed by atoms with van der Waals surface area (Å²) in [6, 6.07) is 0. The lowest BCUT2D eigenvalue weighted by Crippen LogP contribution is -2.53. The van der Waals surface area contributed by atoms with E-state index in [0.29, 0.717) is 35.7 Å². The lowest BCUT2D eigenvalue weighted by Gasteiger charge is -2.57. The Labute approximate surface area is 190 Å². The lowest BCUT2D eigenvalue weighted by atomic mass is 9.50. The summed E-state index contributed by atoms with van der Waals surface area (Å²) < 4.78 is 6.15. The number of rotatable bonds is 2. The highest BCUT2D eigenvalue weighted by atomic mass is 32.2. The summed E-state index contributed by atoms with van der Waals surface area (Å²) in [6.07, 6.45) is 17.5. The minimum Gasteiger partial charge on any atom is -0.458 e. The fourth-order valence-corrected chi connectivity index (χ4v) is 10.4. The van der Waals surface area contributed by atoms with Crippen molar-refractivity contribution in [1.29, 1.82) is 0 Å². The predicted octanol–water partition coefficient (Wildman–Crippen LogP) is 6.17. The number of fused-ring (bicyclic) bond motifs is 6. The topological polar surface area (TPSA) is 43.4 Å². The SMILES string of the molecule is C[C@]12CCC(=O)C=C1C[C@@H](SC1CCCC1)C1C2=CC[C@@]2(C)C1CC[C@@]21CCC(=O)O1. The summed E-state index contributed by atoms with van der Waals surface area (Å²) in [5.74, 6) is 1.50. The van der Waals surface area contributed by atoms with Crippen molar-refractivity contribution >= 4 is 23.5 Å². The minimum absolute atomic E-state index is 0.0140. The summed E-state index contributed by atoms with van der Waals surface area (Å²) in [5, 5.41) is 1.35. The van der Waals surface area contributed by atoms with Crippen LogP contribution in [0.4, 0.5) is 0 Å².